The third-order valence-corrected chi connectivity index (χ3v) is 8.35. The highest BCUT2D eigenvalue weighted by Crippen LogP contribution is 2.30. The number of carbonyl (C=O) groups is 1. The molecule has 0 aromatic heterocycles. The minimum absolute atomic E-state index is 0.0370. The fourth-order valence-corrected chi connectivity index (χ4v) is 6.02. The molecular formula is C22H24ClN3O3S. The Morgan fingerprint density at radius 3 is 2.27 bits per heavy atom. The van der Waals surface area contributed by atoms with Crippen LogP contribution in [0.2, 0.25) is 5.02 Å². The Morgan fingerprint density at radius 1 is 0.967 bits per heavy atom. The zero-order chi connectivity index (χ0) is 21.3. The summed E-state index contributed by atoms with van der Waals surface area (Å²) < 4.78 is 27.7. The molecule has 0 N–H and O–H groups in total. The van der Waals surface area contributed by atoms with Gasteiger partial charge < -0.3 is 4.90 Å². The van der Waals surface area contributed by atoms with Crippen molar-refractivity contribution in [3.63, 3.8) is 0 Å². The van der Waals surface area contributed by atoms with Crippen molar-refractivity contribution >= 4 is 38.3 Å². The number of nitriles is 1. The highest BCUT2D eigenvalue weighted by atomic mass is 35.5. The van der Waals surface area contributed by atoms with Crippen LogP contribution in [0.5, 0.6) is 0 Å². The number of nitrogens with zero attached hydrogens (tertiary/aromatic N) is 3. The molecule has 1 aliphatic heterocycles. The molecule has 1 amide bonds. The summed E-state index contributed by atoms with van der Waals surface area (Å²) in [5, 5.41) is 11.3. The third kappa shape index (κ3) is 4.18. The van der Waals surface area contributed by atoms with Crippen LogP contribution in [0.1, 0.15) is 25.7 Å². The number of hydrogen-bond donors (Lipinski definition) is 0. The van der Waals surface area contributed by atoms with E-state index in [9.17, 15) is 13.2 Å². The molecule has 1 saturated heterocycles. The standard InChI is InChI=1S/C22H24ClN3O3S/c23-20-7-5-19-14-21(8-6-18(19)13-20)30(28,29)26-11-9-25(10-12-26)22(27)17-3-1-16(15-24)2-4-17/h5-8,13-14,16-17H,1-4,9-12H2. The molecule has 8 heteroatoms. The monoisotopic (exact) mass is 445 g/mol. The fourth-order valence-electron chi connectivity index (χ4n) is 4.38. The molecule has 0 unspecified atom stereocenters. The summed E-state index contributed by atoms with van der Waals surface area (Å²) in [5.74, 6) is 0.130. The number of amides is 1. The van der Waals surface area contributed by atoms with Gasteiger partial charge in [0.2, 0.25) is 15.9 Å². The second kappa shape index (κ2) is 8.54. The van der Waals surface area contributed by atoms with Crippen LogP contribution in [-0.2, 0) is 14.8 Å². The lowest BCUT2D eigenvalue weighted by atomic mass is 9.82. The van der Waals surface area contributed by atoms with E-state index in [0.29, 0.717) is 31.2 Å². The average molecular weight is 446 g/mol. The van der Waals surface area contributed by atoms with E-state index in [4.69, 9.17) is 16.9 Å². The molecule has 2 aromatic carbocycles. The highest BCUT2D eigenvalue weighted by molar-refractivity contribution is 7.89. The Morgan fingerprint density at radius 2 is 1.60 bits per heavy atom. The van der Waals surface area contributed by atoms with Gasteiger partial charge in [-0.15, -0.1) is 0 Å². The highest BCUT2D eigenvalue weighted by Gasteiger charge is 2.34. The van der Waals surface area contributed by atoms with Crippen LogP contribution in [0.15, 0.2) is 41.3 Å². The number of benzene rings is 2. The topological polar surface area (TPSA) is 81.5 Å². The summed E-state index contributed by atoms with van der Waals surface area (Å²) in [6, 6.07) is 12.7. The molecule has 0 bridgehead atoms. The van der Waals surface area contributed by atoms with Crippen molar-refractivity contribution in [2.75, 3.05) is 26.2 Å². The molecule has 30 heavy (non-hydrogen) atoms. The normalized spacial score (nSPS) is 23.3. The summed E-state index contributed by atoms with van der Waals surface area (Å²) in [5.41, 5.74) is 0. The number of rotatable bonds is 3. The average Bonchev–Trinajstić information content (AvgIpc) is 2.78. The molecule has 2 fully saturated rings. The minimum atomic E-state index is -3.62. The van der Waals surface area contributed by atoms with E-state index in [-0.39, 0.29) is 22.6 Å². The van der Waals surface area contributed by atoms with Gasteiger partial charge in [0.05, 0.1) is 11.0 Å². The lowest BCUT2D eigenvalue weighted by molar-refractivity contribution is -0.137. The summed E-state index contributed by atoms with van der Waals surface area (Å²) in [4.78, 5) is 14.9. The van der Waals surface area contributed by atoms with Crippen LogP contribution in [0, 0.1) is 23.2 Å². The maximum Gasteiger partial charge on any atom is 0.243 e. The smallest absolute Gasteiger partial charge is 0.243 e. The minimum Gasteiger partial charge on any atom is -0.340 e. The van der Waals surface area contributed by atoms with Crippen LogP contribution in [0.25, 0.3) is 10.8 Å². The van der Waals surface area contributed by atoms with Gasteiger partial charge in [-0.3, -0.25) is 4.79 Å². The maximum atomic E-state index is 13.1. The summed E-state index contributed by atoms with van der Waals surface area (Å²) in [7, 11) is -3.62. The lowest BCUT2D eigenvalue weighted by Crippen LogP contribution is -2.52. The van der Waals surface area contributed by atoms with Gasteiger partial charge in [0.1, 0.15) is 0 Å². The van der Waals surface area contributed by atoms with Gasteiger partial charge in [0.15, 0.2) is 0 Å². The number of sulfonamides is 1. The first-order valence-corrected chi connectivity index (χ1v) is 12.1. The van der Waals surface area contributed by atoms with Crippen molar-refractivity contribution in [1.82, 2.24) is 9.21 Å². The van der Waals surface area contributed by atoms with Crippen LogP contribution >= 0.6 is 11.6 Å². The van der Waals surface area contributed by atoms with Crippen LogP contribution in [-0.4, -0.2) is 49.7 Å². The molecule has 2 aromatic rings. The Balaban J connectivity index is 1.41. The Hall–Kier alpha value is -2.14. The molecule has 6 nitrogen and oxygen atoms in total. The molecule has 158 valence electrons. The fraction of sp³-hybridized carbons (Fsp3) is 0.455. The lowest BCUT2D eigenvalue weighted by Gasteiger charge is -2.36. The zero-order valence-electron chi connectivity index (χ0n) is 16.6. The first-order chi connectivity index (χ1) is 14.4. The van der Waals surface area contributed by atoms with E-state index in [1.165, 1.54) is 4.31 Å². The van der Waals surface area contributed by atoms with E-state index in [1.807, 2.05) is 12.1 Å². The van der Waals surface area contributed by atoms with Gasteiger partial charge in [-0.25, -0.2) is 8.42 Å². The van der Waals surface area contributed by atoms with Crippen molar-refractivity contribution in [3.05, 3.63) is 41.4 Å². The van der Waals surface area contributed by atoms with Crippen LogP contribution in [0.3, 0.4) is 0 Å². The van der Waals surface area contributed by atoms with Crippen molar-refractivity contribution in [3.8, 4) is 6.07 Å². The Labute approximate surface area is 182 Å². The van der Waals surface area contributed by atoms with E-state index >= 15 is 0 Å². The molecular weight excluding hydrogens is 422 g/mol. The SMILES string of the molecule is N#CC1CCC(C(=O)N2CCN(S(=O)(=O)c3ccc4cc(Cl)ccc4c3)CC2)CC1. The Bertz CT molecular complexity index is 1100. The van der Waals surface area contributed by atoms with Gasteiger partial charge in [-0.1, -0.05) is 23.7 Å². The second-order valence-electron chi connectivity index (χ2n) is 8.06. The van der Waals surface area contributed by atoms with Crippen LogP contribution < -0.4 is 0 Å². The third-order valence-electron chi connectivity index (χ3n) is 6.22. The molecule has 1 aliphatic carbocycles. The van der Waals surface area contributed by atoms with E-state index in [0.717, 1.165) is 36.5 Å². The molecule has 0 atom stereocenters. The van der Waals surface area contributed by atoms with Crippen molar-refractivity contribution in [1.29, 1.82) is 5.26 Å². The van der Waals surface area contributed by atoms with Crippen molar-refractivity contribution in [2.24, 2.45) is 11.8 Å². The van der Waals surface area contributed by atoms with Crippen molar-refractivity contribution < 1.29 is 13.2 Å². The summed E-state index contributed by atoms with van der Waals surface area (Å²) >= 11 is 6.01. The predicted octanol–water partition coefficient (Wildman–Crippen LogP) is 3.66. The summed E-state index contributed by atoms with van der Waals surface area (Å²) in [6.45, 7) is 1.39. The van der Waals surface area contributed by atoms with E-state index in [1.54, 1.807) is 29.2 Å². The number of fused-ring (bicyclic) bond motifs is 1. The van der Waals surface area contributed by atoms with Gasteiger partial charge in [-0.2, -0.15) is 9.57 Å². The van der Waals surface area contributed by atoms with E-state index < -0.39 is 10.0 Å². The second-order valence-corrected chi connectivity index (χ2v) is 10.4. The number of piperazine rings is 1. The van der Waals surface area contributed by atoms with E-state index in [2.05, 4.69) is 6.07 Å². The number of hydrogen-bond acceptors (Lipinski definition) is 4. The largest absolute Gasteiger partial charge is 0.340 e. The first kappa shape index (κ1) is 21.1. The Kier molecular flexibility index (Phi) is 6.01. The molecule has 2 aliphatic rings. The van der Waals surface area contributed by atoms with Gasteiger partial charge >= 0.3 is 0 Å². The number of carbonyl (C=O) groups excluding carboxylic acids is 1. The van der Waals surface area contributed by atoms with Crippen molar-refractivity contribution in [2.45, 2.75) is 30.6 Å². The van der Waals surface area contributed by atoms with Gasteiger partial charge in [-0.05, 0) is 60.7 Å². The quantitative estimate of drug-likeness (QED) is 0.722. The molecule has 0 spiro atoms. The van der Waals surface area contributed by atoms with Gasteiger partial charge in [0, 0.05) is 43.0 Å². The molecule has 1 heterocycles. The van der Waals surface area contributed by atoms with Gasteiger partial charge in [0.25, 0.3) is 0 Å². The number of halogens is 1. The molecule has 1 saturated carbocycles. The van der Waals surface area contributed by atoms with Crippen LogP contribution in [0.4, 0.5) is 0 Å². The predicted molar refractivity (Wildman–Crippen MR) is 115 cm³/mol. The maximum absolute atomic E-state index is 13.1. The summed E-state index contributed by atoms with van der Waals surface area (Å²) in [6.07, 6.45) is 3.04. The molecule has 0 radical (unpaired) electrons. The molecule has 4 rings (SSSR count). The first-order valence-electron chi connectivity index (χ1n) is 10.3. The zero-order valence-corrected chi connectivity index (χ0v) is 18.2.